The van der Waals surface area contributed by atoms with E-state index in [2.05, 4.69) is 24.2 Å². The van der Waals surface area contributed by atoms with Crippen LogP contribution in [-0.2, 0) is 9.47 Å². The molecule has 21 heavy (non-hydrogen) atoms. The molecule has 0 amide bonds. The maximum Gasteiger partial charge on any atom is 0.360 e. The molecule has 0 radical (unpaired) electrons. The topological polar surface area (TPSA) is 66.2 Å². The second-order valence-corrected chi connectivity index (χ2v) is 5.82. The smallest absolute Gasteiger partial charge is 0.360 e. The van der Waals surface area contributed by atoms with Crippen LogP contribution in [0.15, 0.2) is 0 Å². The molecule has 118 valence electrons. The number of aromatic nitrogens is 3. The molecule has 2 unspecified atom stereocenters. The molecular formula is C15H25N3O3. The summed E-state index contributed by atoms with van der Waals surface area (Å²) in [6, 6.07) is 0.247. The number of carbonyl (C=O) groups is 1. The molecule has 0 saturated heterocycles. The van der Waals surface area contributed by atoms with Crippen LogP contribution in [0.4, 0.5) is 0 Å². The van der Waals surface area contributed by atoms with Gasteiger partial charge in [-0.25, -0.2) is 9.48 Å². The number of rotatable bonds is 5. The van der Waals surface area contributed by atoms with E-state index in [1.807, 2.05) is 4.68 Å². The maximum absolute atomic E-state index is 12.0. The lowest BCUT2D eigenvalue weighted by Crippen LogP contribution is -2.26. The minimum atomic E-state index is -0.383. The van der Waals surface area contributed by atoms with Crippen LogP contribution >= 0.6 is 0 Å². The number of hydrogen-bond acceptors (Lipinski definition) is 5. The first-order chi connectivity index (χ1) is 10.1. The molecule has 1 aliphatic rings. The van der Waals surface area contributed by atoms with E-state index in [-0.39, 0.29) is 24.0 Å². The first kappa shape index (κ1) is 15.9. The van der Waals surface area contributed by atoms with E-state index in [1.54, 1.807) is 14.0 Å². The largest absolute Gasteiger partial charge is 0.461 e. The third kappa shape index (κ3) is 3.43. The quantitative estimate of drug-likeness (QED) is 0.781. The lowest BCUT2D eigenvalue weighted by molar-refractivity contribution is 0.0495. The van der Waals surface area contributed by atoms with Crippen molar-refractivity contribution in [2.75, 3.05) is 13.7 Å². The fourth-order valence-corrected chi connectivity index (χ4v) is 3.01. The highest BCUT2D eigenvalue weighted by atomic mass is 16.5. The standard InChI is InChI=1S/C15H25N3O3/c1-5-21-15(19)13-14(10(2)3)18(17-16-13)11-7-6-8-12(9-11)20-4/h10-12H,5-9H2,1-4H3. The maximum atomic E-state index is 12.0. The number of esters is 1. The normalized spacial score (nSPS) is 22.5. The average Bonchev–Trinajstić information content (AvgIpc) is 2.92. The van der Waals surface area contributed by atoms with Crippen molar-refractivity contribution >= 4 is 5.97 Å². The Labute approximate surface area is 125 Å². The summed E-state index contributed by atoms with van der Waals surface area (Å²) < 4.78 is 12.5. The third-order valence-electron chi connectivity index (χ3n) is 4.02. The first-order valence-electron chi connectivity index (χ1n) is 7.73. The van der Waals surface area contributed by atoms with E-state index in [0.717, 1.165) is 31.4 Å². The highest BCUT2D eigenvalue weighted by molar-refractivity contribution is 5.88. The van der Waals surface area contributed by atoms with Crippen LogP contribution in [0.3, 0.4) is 0 Å². The molecular weight excluding hydrogens is 270 g/mol. The molecule has 1 aromatic rings. The highest BCUT2D eigenvalue weighted by Crippen LogP contribution is 2.32. The molecule has 2 rings (SSSR count). The van der Waals surface area contributed by atoms with Gasteiger partial charge in [-0.3, -0.25) is 0 Å². The molecule has 1 aliphatic carbocycles. The molecule has 6 nitrogen and oxygen atoms in total. The van der Waals surface area contributed by atoms with Gasteiger partial charge in [0.1, 0.15) is 0 Å². The Balaban J connectivity index is 2.29. The summed E-state index contributed by atoms with van der Waals surface area (Å²) >= 11 is 0. The van der Waals surface area contributed by atoms with E-state index in [1.165, 1.54) is 0 Å². The van der Waals surface area contributed by atoms with Crippen molar-refractivity contribution in [3.63, 3.8) is 0 Å². The second kappa shape index (κ2) is 7.02. The van der Waals surface area contributed by atoms with E-state index < -0.39 is 0 Å². The summed E-state index contributed by atoms with van der Waals surface area (Å²) in [4.78, 5) is 12.0. The van der Waals surface area contributed by atoms with Crippen molar-refractivity contribution in [1.29, 1.82) is 0 Å². The van der Waals surface area contributed by atoms with Crippen molar-refractivity contribution in [1.82, 2.24) is 15.0 Å². The van der Waals surface area contributed by atoms with E-state index in [0.29, 0.717) is 12.3 Å². The van der Waals surface area contributed by atoms with Gasteiger partial charge in [-0.1, -0.05) is 19.1 Å². The van der Waals surface area contributed by atoms with Crippen LogP contribution in [0.25, 0.3) is 0 Å². The molecule has 1 aromatic heterocycles. The summed E-state index contributed by atoms with van der Waals surface area (Å²) in [6.07, 6.45) is 4.42. The minimum absolute atomic E-state index is 0.169. The minimum Gasteiger partial charge on any atom is -0.461 e. The van der Waals surface area contributed by atoms with Crippen LogP contribution in [0, 0.1) is 0 Å². The van der Waals surface area contributed by atoms with E-state index >= 15 is 0 Å². The predicted octanol–water partition coefficient (Wildman–Crippen LogP) is 2.71. The SMILES string of the molecule is CCOC(=O)c1nnn(C2CCCC(OC)C2)c1C(C)C. The van der Waals surface area contributed by atoms with Crippen LogP contribution in [0.1, 0.15) is 74.6 Å². The monoisotopic (exact) mass is 295 g/mol. The van der Waals surface area contributed by atoms with Gasteiger partial charge in [-0.15, -0.1) is 5.10 Å². The van der Waals surface area contributed by atoms with Crippen LogP contribution in [0.5, 0.6) is 0 Å². The molecule has 0 aromatic carbocycles. The number of methoxy groups -OCH3 is 1. The fourth-order valence-electron chi connectivity index (χ4n) is 3.01. The van der Waals surface area contributed by atoms with E-state index in [4.69, 9.17) is 9.47 Å². The molecule has 0 spiro atoms. The highest BCUT2D eigenvalue weighted by Gasteiger charge is 2.30. The Kier molecular flexibility index (Phi) is 5.33. The molecule has 1 fully saturated rings. The first-order valence-corrected chi connectivity index (χ1v) is 7.73. The Morgan fingerprint density at radius 3 is 2.81 bits per heavy atom. The van der Waals surface area contributed by atoms with Crippen LogP contribution < -0.4 is 0 Å². The van der Waals surface area contributed by atoms with Gasteiger partial charge in [-0.2, -0.15) is 0 Å². The van der Waals surface area contributed by atoms with Gasteiger partial charge in [0.2, 0.25) is 0 Å². The average molecular weight is 295 g/mol. The van der Waals surface area contributed by atoms with Crippen molar-refractivity contribution in [2.24, 2.45) is 0 Å². The summed E-state index contributed by atoms with van der Waals surface area (Å²) in [6.45, 7) is 6.24. The Hall–Kier alpha value is -1.43. The van der Waals surface area contributed by atoms with Gasteiger partial charge in [0.25, 0.3) is 0 Å². The van der Waals surface area contributed by atoms with Gasteiger partial charge in [0.05, 0.1) is 24.4 Å². The van der Waals surface area contributed by atoms with Gasteiger partial charge >= 0.3 is 5.97 Å². The Morgan fingerprint density at radius 2 is 2.19 bits per heavy atom. The van der Waals surface area contributed by atoms with Crippen LogP contribution in [-0.4, -0.2) is 40.8 Å². The molecule has 6 heteroatoms. The zero-order valence-corrected chi connectivity index (χ0v) is 13.3. The summed E-state index contributed by atoms with van der Waals surface area (Å²) in [5.74, 6) is -0.214. The number of ether oxygens (including phenoxy) is 2. The summed E-state index contributed by atoms with van der Waals surface area (Å²) in [5, 5.41) is 8.32. The van der Waals surface area contributed by atoms with Crippen LogP contribution in [0.2, 0.25) is 0 Å². The zero-order chi connectivity index (χ0) is 15.4. The van der Waals surface area contributed by atoms with Crippen molar-refractivity contribution in [3.8, 4) is 0 Å². The second-order valence-electron chi connectivity index (χ2n) is 5.82. The Bertz CT molecular complexity index is 485. The lowest BCUT2D eigenvalue weighted by atomic mass is 9.92. The molecule has 1 heterocycles. The molecule has 0 bridgehead atoms. The lowest BCUT2D eigenvalue weighted by Gasteiger charge is -2.29. The fraction of sp³-hybridized carbons (Fsp3) is 0.800. The molecule has 0 N–H and O–H groups in total. The molecule has 2 atom stereocenters. The van der Waals surface area contributed by atoms with Gasteiger partial charge in [0, 0.05) is 7.11 Å². The van der Waals surface area contributed by atoms with E-state index in [9.17, 15) is 4.79 Å². The zero-order valence-electron chi connectivity index (χ0n) is 13.3. The molecule has 0 aliphatic heterocycles. The number of carbonyl (C=O) groups excluding carboxylic acids is 1. The Morgan fingerprint density at radius 1 is 1.43 bits per heavy atom. The van der Waals surface area contributed by atoms with Gasteiger partial charge in [0.15, 0.2) is 5.69 Å². The predicted molar refractivity (Wildman–Crippen MR) is 78.4 cm³/mol. The van der Waals surface area contributed by atoms with Crippen molar-refractivity contribution < 1.29 is 14.3 Å². The third-order valence-corrected chi connectivity index (χ3v) is 4.02. The van der Waals surface area contributed by atoms with Crippen molar-refractivity contribution in [3.05, 3.63) is 11.4 Å². The summed E-state index contributed by atoms with van der Waals surface area (Å²) in [5.41, 5.74) is 1.22. The number of hydrogen-bond donors (Lipinski definition) is 0. The number of nitrogens with zero attached hydrogens (tertiary/aromatic N) is 3. The van der Waals surface area contributed by atoms with Crippen molar-refractivity contribution in [2.45, 2.75) is 64.5 Å². The van der Waals surface area contributed by atoms with Gasteiger partial charge < -0.3 is 9.47 Å². The molecule has 1 saturated carbocycles. The van der Waals surface area contributed by atoms with Gasteiger partial charge in [-0.05, 0) is 38.5 Å². The summed E-state index contributed by atoms with van der Waals surface area (Å²) in [7, 11) is 1.75.